The summed E-state index contributed by atoms with van der Waals surface area (Å²) >= 11 is 0. The molecule has 1 amide bonds. The van der Waals surface area contributed by atoms with Gasteiger partial charge in [0.2, 0.25) is 0 Å². The number of nitrogens with zero attached hydrogens (tertiary/aromatic N) is 2. The minimum absolute atomic E-state index is 0.206. The molecule has 3 aliphatic rings. The maximum atomic E-state index is 14.6. The van der Waals surface area contributed by atoms with Gasteiger partial charge in [-0.25, -0.2) is 9.18 Å². The Labute approximate surface area is 132 Å². The van der Waals surface area contributed by atoms with Gasteiger partial charge in [-0.1, -0.05) is 0 Å². The van der Waals surface area contributed by atoms with Crippen LogP contribution in [-0.2, 0) is 9.47 Å². The minimum Gasteiger partial charge on any atom is -0.489 e. The standard InChI is InChI=1S/C15H17FN2O5/c16-9-5-11-13(6-10(9)17-1-3-21-4-2-17)22-8-12-14(7-19)23-15(20)18(11)12/h5-6,12,14,19H,1-4,7-8H2/t12-,14-/m0/s1. The number of cyclic esters (lactones) is 1. The van der Waals surface area contributed by atoms with Crippen LogP contribution >= 0.6 is 0 Å². The highest BCUT2D eigenvalue weighted by Gasteiger charge is 2.46. The molecule has 2 fully saturated rings. The van der Waals surface area contributed by atoms with Crippen molar-refractivity contribution in [1.29, 1.82) is 0 Å². The number of ether oxygens (including phenoxy) is 3. The number of carbonyl (C=O) groups is 1. The van der Waals surface area contributed by atoms with Crippen LogP contribution in [0.1, 0.15) is 0 Å². The quantitative estimate of drug-likeness (QED) is 0.865. The second-order valence-corrected chi connectivity index (χ2v) is 5.72. The van der Waals surface area contributed by atoms with E-state index in [0.29, 0.717) is 43.4 Å². The zero-order valence-electron chi connectivity index (χ0n) is 12.4. The van der Waals surface area contributed by atoms with Crippen molar-refractivity contribution in [2.75, 3.05) is 49.3 Å². The molecule has 0 unspecified atom stereocenters. The van der Waals surface area contributed by atoms with E-state index in [1.165, 1.54) is 11.0 Å². The lowest BCUT2D eigenvalue weighted by Crippen LogP contribution is -2.45. The summed E-state index contributed by atoms with van der Waals surface area (Å²) < 4.78 is 30.6. The Morgan fingerprint density at radius 3 is 2.78 bits per heavy atom. The van der Waals surface area contributed by atoms with Gasteiger partial charge in [0.15, 0.2) is 6.10 Å². The van der Waals surface area contributed by atoms with Gasteiger partial charge in [-0.15, -0.1) is 0 Å². The number of amides is 1. The number of rotatable bonds is 2. The highest BCUT2D eigenvalue weighted by molar-refractivity contribution is 5.93. The van der Waals surface area contributed by atoms with Gasteiger partial charge in [-0.3, -0.25) is 4.90 Å². The molecule has 7 nitrogen and oxygen atoms in total. The fraction of sp³-hybridized carbons (Fsp3) is 0.533. The topological polar surface area (TPSA) is 71.5 Å². The molecule has 1 aromatic rings. The van der Waals surface area contributed by atoms with Gasteiger partial charge < -0.3 is 24.2 Å². The van der Waals surface area contributed by atoms with Gasteiger partial charge in [-0.2, -0.15) is 0 Å². The molecular formula is C15H17FN2O5. The molecule has 0 spiro atoms. The zero-order chi connectivity index (χ0) is 16.0. The van der Waals surface area contributed by atoms with E-state index in [-0.39, 0.29) is 13.2 Å². The van der Waals surface area contributed by atoms with Crippen LogP contribution in [0.4, 0.5) is 20.6 Å². The van der Waals surface area contributed by atoms with Crippen LogP contribution in [0.25, 0.3) is 0 Å². The van der Waals surface area contributed by atoms with Crippen LogP contribution in [0.15, 0.2) is 12.1 Å². The molecule has 0 saturated carbocycles. The average molecular weight is 324 g/mol. The predicted octanol–water partition coefficient (Wildman–Crippen LogP) is 0.741. The first-order valence-corrected chi connectivity index (χ1v) is 7.59. The third-order valence-electron chi connectivity index (χ3n) is 4.44. The van der Waals surface area contributed by atoms with Crippen LogP contribution in [0.5, 0.6) is 5.75 Å². The number of fused-ring (bicyclic) bond motifs is 3. The predicted molar refractivity (Wildman–Crippen MR) is 78.5 cm³/mol. The smallest absolute Gasteiger partial charge is 0.415 e. The number of aliphatic hydroxyl groups excluding tert-OH is 1. The van der Waals surface area contributed by atoms with E-state index in [0.717, 1.165) is 0 Å². The number of benzene rings is 1. The number of halogens is 1. The minimum atomic E-state index is -0.655. The van der Waals surface area contributed by atoms with E-state index >= 15 is 0 Å². The summed E-state index contributed by atoms with van der Waals surface area (Å²) in [5.41, 5.74) is 0.786. The van der Waals surface area contributed by atoms with Crippen molar-refractivity contribution in [2.24, 2.45) is 0 Å². The van der Waals surface area contributed by atoms with E-state index in [4.69, 9.17) is 14.2 Å². The fourth-order valence-electron chi connectivity index (χ4n) is 3.24. The summed E-state index contributed by atoms with van der Waals surface area (Å²) in [7, 11) is 0. The van der Waals surface area contributed by atoms with E-state index in [1.54, 1.807) is 6.07 Å². The summed E-state index contributed by atoms with van der Waals surface area (Å²) in [6, 6.07) is 2.48. The molecule has 1 aromatic carbocycles. The summed E-state index contributed by atoms with van der Waals surface area (Å²) in [4.78, 5) is 15.3. The van der Waals surface area contributed by atoms with Crippen molar-refractivity contribution in [3.8, 4) is 5.75 Å². The first-order valence-electron chi connectivity index (χ1n) is 7.59. The average Bonchev–Trinajstić information content (AvgIpc) is 2.91. The molecule has 4 rings (SSSR count). The third kappa shape index (κ3) is 2.29. The maximum absolute atomic E-state index is 14.6. The highest BCUT2D eigenvalue weighted by atomic mass is 19.1. The molecule has 2 saturated heterocycles. The number of anilines is 2. The second kappa shape index (κ2) is 5.54. The van der Waals surface area contributed by atoms with Crippen molar-refractivity contribution in [1.82, 2.24) is 0 Å². The molecule has 0 bridgehead atoms. The number of aliphatic hydroxyl groups is 1. The number of hydrogen-bond donors (Lipinski definition) is 1. The van der Waals surface area contributed by atoms with Gasteiger partial charge in [0.05, 0.1) is 31.2 Å². The van der Waals surface area contributed by atoms with Crippen molar-refractivity contribution in [3.05, 3.63) is 17.9 Å². The van der Waals surface area contributed by atoms with Gasteiger partial charge in [-0.05, 0) is 0 Å². The molecule has 124 valence electrons. The summed E-state index contributed by atoms with van der Waals surface area (Å²) in [6.45, 7) is 2.23. The molecule has 8 heteroatoms. The SMILES string of the molecule is O=C1O[C@@H](CO)[C@@H]2COc3cc(N4CCOCC4)c(F)cc3N12. The fourth-order valence-corrected chi connectivity index (χ4v) is 3.24. The Balaban J connectivity index is 1.70. The van der Waals surface area contributed by atoms with Gasteiger partial charge >= 0.3 is 6.09 Å². The van der Waals surface area contributed by atoms with E-state index < -0.39 is 24.1 Å². The second-order valence-electron chi connectivity index (χ2n) is 5.72. The Bertz CT molecular complexity index is 635. The van der Waals surface area contributed by atoms with Crippen LogP contribution in [-0.4, -0.2) is 62.9 Å². The molecule has 0 aliphatic carbocycles. The molecule has 3 heterocycles. The molecule has 23 heavy (non-hydrogen) atoms. The molecule has 0 radical (unpaired) electrons. The first kappa shape index (κ1) is 14.5. The maximum Gasteiger partial charge on any atom is 0.415 e. The zero-order valence-corrected chi connectivity index (χ0v) is 12.4. The summed E-state index contributed by atoms with van der Waals surface area (Å²) in [5, 5.41) is 9.29. The van der Waals surface area contributed by atoms with E-state index in [2.05, 4.69) is 0 Å². The monoisotopic (exact) mass is 324 g/mol. The lowest BCUT2D eigenvalue weighted by molar-refractivity contribution is 0.0734. The normalized spacial score (nSPS) is 26.4. The van der Waals surface area contributed by atoms with Crippen LogP contribution in [0.3, 0.4) is 0 Å². The lowest BCUT2D eigenvalue weighted by Gasteiger charge is -2.33. The number of hydrogen-bond acceptors (Lipinski definition) is 6. The number of morpholine rings is 1. The van der Waals surface area contributed by atoms with E-state index in [9.17, 15) is 14.3 Å². The van der Waals surface area contributed by atoms with Gasteiger partial charge in [0.25, 0.3) is 0 Å². The van der Waals surface area contributed by atoms with Crippen molar-refractivity contribution < 1.29 is 28.5 Å². The van der Waals surface area contributed by atoms with Crippen molar-refractivity contribution in [2.45, 2.75) is 12.1 Å². The third-order valence-corrected chi connectivity index (χ3v) is 4.44. The highest BCUT2D eigenvalue weighted by Crippen LogP contribution is 2.42. The van der Waals surface area contributed by atoms with Gasteiger partial charge in [0, 0.05) is 25.2 Å². The molecular weight excluding hydrogens is 307 g/mol. The Morgan fingerprint density at radius 2 is 2.04 bits per heavy atom. The van der Waals surface area contributed by atoms with Crippen molar-refractivity contribution >= 4 is 17.5 Å². The van der Waals surface area contributed by atoms with Crippen molar-refractivity contribution in [3.63, 3.8) is 0 Å². The van der Waals surface area contributed by atoms with Crippen LogP contribution in [0.2, 0.25) is 0 Å². The molecule has 0 aromatic heterocycles. The van der Waals surface area contributed by atoms with Crippen LogP contribution in [0, 0.1) is 5.82 Å². The Morgan fingerprint density at radius 1 is 1.26 bits per heavy atom. The lowest BCUT2D eigenvalue weighted by atomic mass is 10.1. The summed E-state index contributed by atoms with van der Waals surface area (Å²) in [6.07, 6.45) is -1.24. The largest absolute Gasteiger partial charge is 0.489 e. The molecule has 3 aliphatic heterocycles. The first-order chi connectivity index (χ1) is 11.2. The Hall–Kier alpha value is -2.06. The molecule has 1 N–H and O–H groups in total. The number of carbonyl (C=O) groups excluding carboxylic acids is 1. The Kier molecular flexibility index (Phi) is 3.50. The summed E-state index contributed by atoms with van der Waals surface area (Å²) in [5.74, 6) is 0.0230. The van der Waals surface area contributed by atoms with Crippen LogP contribution < -0.4 is 14.5 Å². The molecule has 2 atom stereocenters. The van der Waals surface area contributed by atoms with Gasteiger partial charge in [0.1, 0.15) is 24.2 Å². The van der Waals surface area contributed by atoms with E-state index in [1.807, 2.05) is 4.90 Å².